The molecule has 4 bridgehead atoms. The first-order valence-corrected chi connectivity index (χ1v) is 8.45. The number of rotatable bonds is 3. The maximum Gasteiger partial charge on any atom is 0.408 e. The van der Waals surface area contributed by atoms with Gasteiger partial charge in [-0.3, -0.25) is 0 Å². The molecule has 4 saturated carbocycles. The summed E-state index contributed by atoms with van der Waals surface area (Å²) in [6.07, 6.45) is 3.89. The normalized spacial score (nSPS) is 39.8. The summed E-state index contributed by atoms with van der Waals surface area (Å²) in [5.74, 6) is -0.312. The lowest BCUT2D eigenvalue weighted by atomic mass is 9.46. The third-order valence-corrected chi connectivity index (χ3v) is 5.60. The molecule has 0 unspecified atom stereocenters. The highest BCUT2D eigenvalue weighted by Gasteiger charge is 2.61. The maximum atomic E-state index is 12.1. The summed E-state index contributed by atoms with van der Waals surface area (Å²) in [6, 6.07) is -1.00. The lowest BCUT2D eigenvalue weighted by molar-refractivity contribution is -0.182. The van der Waals surface area contributed by atoms with Gasteiger partial charge in [0.1, 0.15) is 11.6 Å². The van der Waals surface area contributed by atoms with Crippen molar-refractivity contribution in [2.45, 2.75) is 76.5 Å². The molecule has 1 amide bonds. The van der Waals surface area contributed by atoms with Gasteiger partial charge in [0.2, 0.25) is 0 Å². The van der Waals surface area contributed by atoms with Crippen molar-refractivity contribution in [2.75, 3.05) is 0 Å². The van der Waals surface area contributed by atoms with Crippen LogP contribution in [0.1, 0.15) is 59.3 Å². The van der Waals surface area contributed by atoms with Crippen LogP contribution >= 0.6 is 0 Å². The summed E-state index contributed by atoms with van der Waals surface area (Å²) in [7, 11) is 0. The van der Waals surface area contributed by atoms with Crippen molar-refractivity contribution < 1.29 is 24.5 Å². The van der Waals surface area contributed by atoms with E-state index >= 15 is 0 Å². The van der Waals surface area contributed by atoms with Crippen LogP contribution in [0.3, 0.4) is 0 Å². The molecule has 6 heteroatoms. The first-order valence-electron chi connectivity index (χ1n) is 8.45. The van der Waals surface area contributed by atoms with Gasteiger partial charge in [0.25, 0.3) is 0 Å². The van der Waals surface area contributed by atoms with Gasteiger partial charge in [0, 0.05) is 5.41 Å². The summed E-state index contributed by atoms with van der Waals surface area (Å²) in [6.45, 7) is 5.24. The number of carboxylic acid groups (broad SMARTS) is 1. The second-order valence-electron chi connectivity index (χ2n) is 8.97. The van der Waals surface area contributed by atoms with Crippen LogP contribution in [-0.4, -0.2) is 39.5 Å². The Labute approximate surface area is 136 Å². The van der Waals surface area contributed by atoms with Crippen molar-refractivity contribution in [3.63, 3.8) is 0 Å². The minimum Gasteiger partial charge on any atom is -0.480 e. The van der Waals surface area contributed by atoms with Gasteiger partial charge in [0.05, 0.1) is 5.60 Å². The van der Waals surface area contributed by atoms with Crippen LogP contribution in [0, 0.1) is 17.3 Å². The van der Waals surface area contributed by atoms with Crippen LogP contribution < -0.4 is 5.32 Å². The molecule has 4 aliphatic rings. The molecule has 0 aromatic rings. The van der Waals surface area contributed by atoms with Crippen molar-refractivity contribution in [3.8, 4) is 0 Å². The van der Waals surface area contributed by atoms with Crippen LogP contribution in [0.5, 0.6) is 0 Å². The predicted octanol–water partition coefficient (Wildman–Crippen LogP) is 2.30. The van der Waals surface area contributed by atoms with Gasteiger partial charge in [-0.15, -0.1) is 0 Å². The molecule has 0 aromatic heterocycles. The Kier molecular flexibility index (Phi) is 3.67. The molecule has 0 saturated heterocycles. The smallest absolute Gasteiger partial charge is 0.408 e. The average molecular weight is 325 g/mol. The minimum atomic E-state index is -1.04. The zero-order valence-corrected chi connectivity index (χ0v) is 14.1. The number of carbonyl (C=O) groups is 2. The number of alkyl carbamates (subject to hydrolysis) is 1. The Morgan fingerprint density at radius 2 is 1.74 bits per heavy atom. The molecule has 130 valence electrons. The van der Waals surface area contributed by atoms with E-state index in [2.05, 4.69) is 5.32 Å². The summed E-state index contributed by atoms with van der Waals surface area (Å²) in [5.41, 5.74) is -1.98. The third kappa shape index (κ3) is 3.18. The quantitative estimate of drug-likeness (QED) is 0.740. The fourth-order valence-electron chi connectivity index (χ4n) is 5.52. The van der Waals surface area contributed by atoms with Crippen molar-refractivity contribution in [1.29, 1.82) is 0 Å². The molecule has 4 fully saturated rings. The monoisotopic (exact) mass is 325 g/mol. The molecule has 0 aliphatic heterocycles. The molecule has 6 nitrogen and oxygen atoms in total. The Hall–Kier alpha value is -1.30. The molecule has 4 rings (SSSR count). The summed E-state index contributed by atoms with van der Waals surface area (Å²) >= 11 is 0. The third-order valence-electron chi connectivity index (χ3n) is 5.60. The molecule has 0 heterocycles. The van der Waals surface area contributed by atoms with Gasteiger partial charge in [-0.05, 0) is 71.1 Å². The molecule has 0 aromatic carbocycles. The molecular formula is C17H27NO5. The van der Waals surface area contributed by atoms with Gasteiger partial charge < -0.3 is 20.3 Å². The van der Waals surface area contributed by atoms with E-state index < -0.39 is 34.7 Å². The van der Waals surface area contributed by atoms with Gasteiger partial charge in [-0.25, -0.2) is 9.59 Å². The Morgan fingerprint density at radius 3 is 2.17 bits per heavy atom. The van der Waals surface area contributed by atoms with Crippen LogP contribution in [0.2, 0.25) is 0 Å². The number of amides is 1. The zero-order valence-electron chi connectivity index (χ0n) is 14.1. The van der Waals surface area contributed by atoms with E-state index in [1.165, 1.54) is 0 Å². The standard InChI is InChI=1S/C17H27NO5/c1-15(2,3)23-14(21)18-12(13(19)20)16-5-10-4-11(6-16)8-17(22,7-10)9-16/h10-12,22H,4-9H2,1-3H3,(H,18,21)(H,19,20)/t10-,11-,12-,16?,17?/m1/s1. The highest BCUT2D eigenvalue weighted by molar-refractivity contribution is 5.81. The first kappa shape index (κ1) is 16.6. The topological polar surface area (TPSA) is 95.9 Å². The van der Waals surface area contributed by atoms with E-state index in [1.54, 1.807) is 20.8 Å². The number of nitrogens with one attached hydrogen (secondary N) is 1. The van der Waals surface area contributed by atoms with Crippen molar-refractivity contribution in [1.82, 2.24) is 5.32 Å². The van der Waals surface area contributed by atoms with E-state index in [4.69, 9.17) is 4.74 Å². The lowest BCUT2D eigenvalue weighted by Crippen LogP contribution is -2.64. The Bertz CT molecular complexity index is 510. The van der Waals surface area contributed by atoms with E-state index in [9.17, 15) is 19.8 Å². The molecule has 23 heavy (non-hydrogen) atoms. The van der Waals surface area contributed by atoms with Crippen LogP contribution in [0.4, 0.5) is 4.79 Å². The number of carboxylic acids is 1. The van der Waals surface area contributed by atoms with Gasteiger partial charge in [-0.1, -0.05) is 0 Å². The van der Waals surface area contributed by atoms with E-state index in [0.717, 1.165) is 32.1 Å². The maximum absolute atomic E-state index is 12.1. The summed E-state index contributed by atoms with van der Waals surface area (Å²) < 4.78 is 5.23. The number of ether oxygens (including phenoxy) is 1. The van der Waals surface area contributed by atoms with Gasteiger partial charge in [0.15, 0.2) is 0 Å². The molecule has 3 N–H and O–H groups in total. The minimum absolute atomic E-state index is 0.364. The molecule has 3 atom stereocenters. The van der Waals surface area contributed by atoms with E-state index in [0.29, 0.717) is 18.3 Å². The number of hydrogen-bond acceptors (Lipinski definition) is 4. The molecule has 0 radical (unpaired) electrons. The Balaban J connectivity index is 1.81. The average Bonchev–Trinajstić information content (AvgIpc) is 2.29. The number of carbonyl (C=O) groups excluding carboxylic acids is 1. The summed E-state index contributed by atoms with van der Waals surface area (Å²) in [4.78, 5) is 24.0. The molecule has 0 spiro atoms. The highest BCUT2D eigenvalue weighted by atomic mass is 16.6. The van der Waals surface area contributed by atoms with Crippen LogP contribution in [0.15, 0.2) is 0 Å². The van der Waals surface area contributed by atoms with Crippen molar-refractivity contribution >= 4 is 12.1 Å². The predicted molar refractivity (Wildman–Crippen MR) is 82.9 cm³/mol. The fraction of sp³-hybridized carbons (Fsp3) is 0.882. The number of hydrogen-bond donors (Lipinski definition) is 3. The SMILES string of the molecule is CC(C)(C)OC(=O)N[C@H](C(=O)O)C12C[C@H]3C[C@@H](CC(O)(C3)C1)C2. The van der Waals surface area contributed by atoms with Crippen LogP contribution in [0.25, 0.3) is 0 Å². The molecule has 4 aliphatic carbocycles. The van der Waals surface area contributed by atoms with Crippen LogP contribution in [-0.2, 0) is 9.53 Å². The summed E-state index contributed by atoms with van der Waals surface area (Å²) in [5, 5.41) is 23.1. The largest absolute Gasteiger partial charge is 0.480 e. The zero-order chi connectivity index (χ0) is 17.0. The van der Waals surface area contributed by atoms with Crippen molar-refractivity contribution in [3.05, 3.63) is 0 Å². The second-order valence-corrected chi connectivity index (χ2v) is 8.97. The van der Waals surface area contributed by atoms with Gasteiger partial charge >= 0.3 is 12.1 Å². The first-order chi connectivity index (χ1) is 10.5. The van der Waals surface area contributed by atoms with Gasteiger partial charge in [-0.2, -0.15) is 0 Å². The fourth-order valence-corrected chi connectivity index (χ4v) is 5.52. The van der Waals surface area contributed by atoms with Crippen molar-refractivity contribution in [2.24, 2.45) is 17.3 Å². The second kappa shape index (κ2) is 5.10. The lowest BCUT2D eigenvalue weighted by Gasteiger charge is -2.61. The highest BCUT2D eigenvalue weighted by Crippen LogP contribution is 2.62. The molecular weight excluding hydrogens is 298 g/mol. The Morgan fingerprint density at radius 1 is 1.17 bits per heavy atom. The van der Waals surface area contributed by atoms with E-state index in [1.807, 2.05) is 0 Å². The number of aliphatic hydroxyl groups is 1. The van der Waals surface area contributed by atoms with E-state index in [-0.39, 0.29) is 0 Å². The number of aliphatic carboxylic acids is 1.